The maximum absolute atomic E-state index is 11.2. The summed E-state index contributed by atoms with van der Waals surface area (Å²) in [5.74, 6) is 0.560. The van der Waals surface area contributed by atoms with E-state index in [2.05, 4.69) is 13.0 Å². The second-order valence-corrected chi connectivity index (χ2v) is 3.68. The van der Waals surface area contributed by atoms with Crippen LogP contribution in [0.3, 0.4) is 0 Å². The number of allylic oxidation sites excluding steroid dienone is 2. The molecule has 0 aromatic rings. The minimum absolute atomic E-state index is 0.224. The first-order valence-corrected chi connectivity index (χ1v) is 4.94. The van der Waals surface area contributed by atoms with Crippen molar-refractivity contribution in [3.05, 3.63) is 11.6 Å². The molecule has 0 amide bonds. The molecule has 12 heavy (non-hydrogen) atoms. The fraction of sp³-hybridized carbons (Fsp3) is 0.727. The first kappa shape index (κ1) is 9.50. The third-order valence-corrected chi connectivity index (χ3v) is 2.37. The highest BCUT2D eigenvalue weighted by Gasteiger charge is 2.17. The molecule has 1 atom stereocenters. The van der Waals surface area contributed by atoms with Gasteiger partial charge in [0.15, 0.2) is 0 Å². The van der Waals surface area contributed by atoms with E-state index in [-0.39, 0.29) is 5.92 Å². The molecule has 68 valence electrons. The summed E-state index contributed by atoms with van der Waals surface area (Å²) in [6, 6.07) is 0. The SMILES string of the molecule is CCCCC(C=C1CC1)C(C)=O. The van der Waals surface area contributed by atoms with Gasteiger partial charge in [-0.15, -0.1) is 0 Å². The standard InChI is InChI=1S/C11H18O/c1-3-4-5-11(9(2)12)8-10-6-7-10/h8,11H,3-7H2,1-2H3. The minimum atomic E-state index is 0.224. The van der Waals surface area contributed by atoms with Crippen LogP contribution in [-0.4, -0.2) is 5.78 Å². The van der Waals surface area contributed by atoms with Gasteiger partial charge in [0, 0.05) is 5.92 Å². The monoisotopic (exact) mass is 166 g/mol. The quantitative estimate of drug-likeness (QED) is 0.573. The molecule has 0 aliphatic heterocycles. The van der Waals surface area contributed by atoms with Crippen molar-refractivity contribution >= 4 is 5.78 Å². The maximum atomic E-state index is 11.2. The highest BCUT2D eigenvalue weighted by atomic mass is 16.1. The van der Waals surface area contributed by atoms with Crippen LogP contribution < -0.4 is 0 Å². The van der Waals surface area contributed by atoms with Gasteiger partial charge in [-0.05, 0) is 26.2 Å². The molecule has 1 heteroatoms. The zero-order valence-electron chi connectivity index (χ0n) is 8.10. The average Bonchev–Trinajstić information content (AvgIpc) is 2.80. The van der Waals surface area contributed by atoms with Gasteiger partial charge < -0.3 is 0 Å². The van der Waals surface area contributed by atoms with E-state index >= 15 is 0 Å². The lowest BCUT2D eigenvalue weighted by atomic mass is 9.97. The van der Waals surface area contributed by atoms with E-state index in [1.165, 1.54) is 31.3 Å². The molecule has 0 bridgehead atoms. The Morgan fingerprint density at radius 3 is 2.67 bits per heavy atom. The van der Waals surface area contributed by atoms with Crippen molar-refractivity contribution in [2.75, 3.05) is 0 Å². The molecule has 0 radical (unpaired) electrons. The van der Waals surface area contributed by atoms with Gasteiger partial charge in [0.2, 0.25) is 0 Å². The van der Waals surface area contributed by atoms with Crippen LogP contribution in [0.5, 0.6) is 0 Å². The Hall–Kier alpha value is -0.590. The van der Waals surface area contributed by atoms with Crippen molar-refractivity contribution in [1.82, 2.24) is 0 Å². The van der Waals surface area contributed by atoms with E-state index in [1.807, 2.05) is 0 Å². The summed E-state index contributed by atoms with van der Waals surface area (Å²) in [6.07, 6.45) is 8.07. The fourth-order valence-corrected chi connectivity index (χ4v) is 1.35. The zero-order chi connectivity index (χ0) is 8.97. The average molecular weight is 166 g/mol. The zero-order valence-corrected chi connectivity index (χ0v) is 8.10. The van der Waals surface area contributed by atoms with Crippen molar-refractivity contribution in [2.45, 2.75) is 46.0 Å². The number of rotatable bonds is 5. The number of carbonyl (C=O) groups excluding carboxylic acids is 1. The van der Waals surface area contributed by atoms with Gasteiger partial charge in [-0.3, -0.25) is 4.79 Å². The number of hydrogen-bond acceptors (Lipinski definition) is 1. The van der Waals surface area contributed by atoms with Crippen LogP contribution in [0.25, 0.3) is 0 Å². The molecule has 1 rings (SSSR count). The third-order valence-electron chi connectivity index (χ3n) is 2.37. The smallest absolute Gasteiger partial charge is 0.136 e. The highest BCUT2D eigenvalue weighted by molar-refractivity contribution is 5.80. The van der Waals surface area contributed by atoms with Crippen LogP contribution >= 0.6 is 0 Å². The molecule has 1 unspecified atom stereocenters. The summed E-state index contributed by atoms with van der Waals surface area (Å²) in [7, 11) is 0. The van der Waals surface area contributed by atoms with Gasteiger partial charge in [-0.2, -0.15) is 0 Å². The summed E-state index contributed by atoms with van der Waals surface area (Å²) in [4.78, 5) is 11.2. The Labute approximate surface area is 74.9 Å². The summed E-state index contributed by atoms with van der Waals surface area (Å²) < 4.78 is 0. The Morgan fingerprint density at radius 1 is 1.58 bits per heavy atom. The van der Waals surface area contributed by atoms with Gasteiger partial charge in [0.25, 0.3) is 0 Å². The Balaban J connectivity index is 2.37. The van der Waals surface area contributed by atoms with E-state index in [1.54, 1.807) is 6.92 Å². The summed E-state index contributed by atoms with van der Waals surface area (Å²) in [5.41, 5.74) is 1.49. The second-order valence-electron chi connectivity index (χ2n) is 3.68. The van der Waals surface area contributed by atoms with Crippen LogP contribution in [0.15, 0.2) is 11.6 Å². The largest absolute Gasteiger partial charge is 0.299 e. The van der Waals surface area contributed by atoms with E-state index in [0.717, 1.165) is 6.42 Å². The second kappa shape index (κ2) is 4.44. The Kier molecular flexibility index (Phi) is 3.51. The lowest BCUT2D eigenvalue weighted by Gasteiger charge is -2.06. The number of hydrogen-bond donors (Lipinski definition) is 0. The number of ketones is 1. The van der Waals surface area contributed by atoms with Crippen LogP contribution in [0.2, 0.25) is 0 Å². The molecule has 0 spiro atoms. The van der Waals surface area contributed by atoms with Crippen LogP contribution in [0.4, 0.5) is 0 Å². The van der Waals surface area contributed by atoms with Gasteiger partial charge in [-0.1, -0.05) is 31.4 Å². The fourth-order valence-electron chi connectivity index (χ4n) is 1.35. The number of carbonyl (C=O) groups is 1. The van der Waals surface area contributed by atoms with Crippen LogP contribution in [0, 0.1) is 5.92 Å². The van der Waals surface area contributed by atoms with Gasteiger partial charge in [0.1, 0.15) is 5.78 Å². The van der Waals surface area contributed by atoms with Crippen molar-refractivity contribution < 1.29 is 4.79 Å². The minimum Gasteiger partial charge on any atom is -0.299 e. The Morgan fingerprint density at radius 2 is 2.25 bits per heavy atom. The number of unbranched alkanes of at least 4 members (excludes halogenated alkanes) is 1. The summed E-state index contributed by atoms with van der Waals surface area (Å²) in [6.45, 7) is 3.88. The Bertz CT molecular complexity index is 185. The molecule has 0 aromatic heterocycles. The lowest BCUT2D eigenvalue weighted by molar-refractivity contribution is -0.119. The molecule has 1 nitrogen and oxygen atoms in total. The predicted molar refractivity (Wildman–Crippen MR) is 51.0 cm³/mol. The van der Waals surface area contributed by atoms with E-state index in [4.69, 9.17) is 0 Å². The maximum Gasteiger partial charge on any atom is 0.136 e. The molecular weight excluding hydrogens is 148 g/mol. The number of Topliss-reactive ketones (excluding diaryl/α,β-unsaturated/α-hetero) is 1. The van der Waals surface area contributed by atoms with Crippen molar-refractivity contribution in [2.24, 2.45) is 5.92 Å². The topological polar surface area (TPSA) is 17.1 Å². The molecule has 1 fully saturated rings. The molecule has 1 saturated carbocycles. The summed E-state index contributed by atoms with van der Waals surface area (Å²) in [5, 5.41) is 0. The van der Waals surface area contributed by atoms with Gasteiger partial charge in [-0.25, -0.2) is 0 Å². The molecule has 0 heterocycles. The van der Waals surface area contributed by atoms with E-state index < -0.39 is 0 Å². The van der Waals surface area contributed by atoms with Crippen molar-refractivity contribution in [3.8, 4) is 0 Å². The molecule has 0 saturated heterocycles. The first-order valence-electron chi connectivity index (χ1n) is 4.94. The first-order chi connectivity index (χ1) is 5.74. The van der Waals surface area contributed by atoms with Crippen molar-refractivity contribution in [3.63, 3.8) is 0 Å². The molecule has 0 N–H and O–H groups in total. The van der Waals surface area contributed by atoms with Gasteiger partial charge in [0.05, 0.1) is 0 Å². The third kappa shape index (κ3) is 3.21. The molecular formula is C11H18O. The van der Waals surface area contributed by atoms with E-state index in [9.17, 15) is 4.79 Å². The van der Waals surface area contributed by atoms with Gasteiger partial charge >= 0.3 is 0 Å². The van der Waals surface area contributed by atoms with Crippen molar-refractivity contribution in [1.29, 1.82) is 0 Å². The van der Waals surface area contributed by atoms with Crippen LogP contribution in [-0.2, 0) is 4.79 Å². The molecule has 0 aromatic carbocycles. The lowest BCUT2D eigenvalue weighted by Crippen LogP contribution is -2.07. The van der Waals surface area contributed by atoms with E-state index in [0.29, 0.717) is 5.78 Å². The summed E-state index contributed by atoms with van der Waals surface area (Å²) >= 11 is 0. The predicted octanol–water partition coefficient (Wildman–Crippen LogP) is 3.10. The molecule has 1 aliphatic rings. The highest BCUT2D eigenvalue weighted by Crippen LogP contribution is 2.30. The normalized spacial score (nSPS) is 17.3. The van der Waals surface area contributed by atoms with Crippen LogP contribution in [0.1, 0.15) is 46.0 Å². The molecule has 1 aliphatic carbocycles.